The highest BCUT2D eigenvalue weighted by atomic mass is 16.5. The summed E-state index contributed by atoms with van der Waals surface area (Å²) in [5, 5.41) is 3.56. The highest BCUT2D eigenvalue weighted by Crippen LogP contribution is 2.39. The van der Waals surface area contributed by atoms with Gasteiger partial charge in [-0.2, -0.15) is 0 Å². The van der Waals surface area contributed by atoms with Gasteiger partial charge >= 0.3 is 0 Å². The minimum atomic E-state index is -0.318. The molecule has 3 saturated heterocycles. The number of aliphatic imine (C=N–C) groups is 1. The van der Waals surface area contributed by atoms with E-state index in [1.165, 1.54) is 50.9 Å². The second kappa shape index (κ2) is 21.5. The summed E-state index contributed by atoms with van der Waals surface area (Å²) < 4.78 is 21.1. The van der Waals surface area contributed by atoms with Crippen LogP contribution in [0.3, 0.4) is 0 Å². The maximum atomic E-state index is 9.60. The molecule has 0 aliphatic carbocycles. The molecule has 52 heavy (non-hydrogen) atoms. The van der Waals surface area contributed by atoms with Crippen LogP contribution in [0.1, 0.15) is 64.5 Å². The van der Waals surface area contributed by atoms with E-state index in [0.29, 0.717) is 31.4 Å². The molecule has 4 aliphatic heterocycles. The number of anilines is 3. The van der Waals surface area contributed by atoms with Gasteiger partial charge in [0, 0.05) is 52.9 Å². The van der Waals surface area contributed by atoms with E-state index in [1.807, 2.05) is 46.6 Å². The van der Waals surface area contributed by atoms with E-state index in [4.69, 9.17) is 19.9 Å². The van der Waals surface area contributed by atoms with Crippen molar-refractivity contribution in [3.8, 4) is 5.75 Å². The van der Waals surface area contributed by atoms with Crippen LogP contribution in [0, 0.1) is 0 Å². The van der Waals surface area contributed by atoms with Crippen LogP contribution in [0.5, 0.6) is 5.75 Å². The Kier molecular flexibility index (Phi) is 17.6. The summed E-state index contributed by atoms with van der Waals surface area (Å²) in [4.78, 5) is 31.8. The summed E-state index contributed by atoms with van der Waals surface area (Å²) >= 11 is 0. The Morgan fingerprint density at radius 2 is 1.85 bits per heavy atom. The molecule has 0 spiro atoms. The molecule has 6 rings (SSSR count). The molecule has 290 valence electrons. The van der Waals surface area contributed by atoms with Gasteiger partial charge in [-0.15, -0.1) is 0 Å². The van der Waals surface area contributed by atoms with E-state index < -0.39 is 0 Å². The van der Waals surface area contributed by atoms with Crippen molar-refractivity contribution in [2.24, 2.45) is 10.7 Å². The van der Waals surface area contributed by atoms with Crippen LogP contribution < -0.4 is 20.7 Å². The van der Waals surface area contributed by atoms with E-state index in [1.54, 1.807) is 13.4 Å². The standard InChI is InChI=1S/C24H32N6O2.C7H15N3O.C5H10O2.C2H6/c1-28-13-19(14-28)29-6-4-17(5-7-29)18-2-3-22-21(12-18)27-23-20(15-32-22)24(26-16-25-23)30-8-10-31-11-9-30;1-7(9-6-8)10(2)4-5-11-3;1-5(2,3)7-4-6;1-2/h2-3,12,16-17,19H,4-11,13-15H2,1H3,(H,25,26,27);6H,1,4-5H2,2-3H3,(H2,8,9);4H,1-3H3;1-2H3. The number of rotatable bonds is 9. The third-order valence-corrected chi connectivity index (χ3v) is 9.12. The molecule has 0 saturated carbocycles. The van der Waals surface area contributed by atoms with E-state index in [2.05, 4.69) is 71.5 Å². The Morgan fingerprint density at radius 3 is 2.42 bits per heavy atom. The summed E-state index contributed by atoms with van der Waals surface area (Å²) in [7, 11) is 5.75. The first-order valence-corrected chi connectivity index (χ1v) is 18.4. The van der Waals surface area contributed by atoms with Crippen molar-refractivity contribution in [3.05, 3.63) is 48.1 Å². The number of ether oxygens (including phenoxy) is 4. The van der Waals surface area contributed by atoms with Crippen molar-refractivity contribution < 1.29 is 23.7 Å². The lowest BCUT2D eigenvalue weighted by atomic mass is 9.88. The number of nitrogens with two attached hydrogens (primary N) is 1. The zero-order valence-corrected chi connectivity index (χ0v) is 32.8. The van der Waals surface area contributed by atoms with Gasteiger partial charge in [0.2, 0.25) is 0 Å². The zero-order chi connectivity index (χ0) is 38.1. The maximum Gasteiger partial charge on any atom is 0.293 e. The summed E-state index contributed by atoms with van der Waals surface area (Å²) in [5.41, 5.74) is 8.20. The number of methoxy groups -OCH3 is 1. The summed E-state index contributed by atoms with van der Waals surface area (Å²) in [6.45, 7) is 23.5. The third kappa shape index (κ3) is 12.9. The fourth-order valence-corrected chi connectivity index (χ4v) is 6.18. The van der Waals surface area contributed by atoms with Gasteiger partial charge in [-0.05, 0) is 77.4 Å². The van der Waals surface area contributed by atoms with Crippen LogP contribution in [-0.4, -0.2) is 136 Å². The number of likely N-dealkylation sites (tertiary alicyclic amines) is 2. The Balaban J connectivity index is 0.000000303. The van der Waals surface area contributed by atoms with Crippen LogP contribution in [0.4, 0.5) is 17.3 Å². The molecule has 5 heterocycles. The number of hydrogen-bond donors (Lipinski definition) is 2. The second-order valence-corrected chi connectivity index (χ2v) is 13.9. The van der Waals surface area contributed by atoms with Gasteiger partial charge in [0.25, 0.3) is 6.47 Å². The minimum absolute atomic E-state index is 0.318. The Labute approximate surface area is 311 Å². The molecule has 0 bridgehead atoms. The zero-order valence-electron chi connectivity index (χ0n) is 32.8. The first-order valence-electron chi connectivity index (χ1n) is 18.4. The topological polar surface area (TPSA) is 143 Å². The highest BCUT2D eigenvalue weighted by molar-refractivity contribution is 5.72. The summed E-state index contributed by atoms with van der Waals surface area (Å²) in [6, 6.07) is 7.42. The van der Waals surface area contributed by atoms with Gasteiger partial charge in [0.05, 0.1) is 37.4 Å². The van der Waals surface area contributed by atoms with Crippen molar-refractivity contribution in [3.63, 3.8) is 0 Å². The molecule has 1 aromatic carbocycles. The molecular weight excluding hydrogens is 662 g/mol. The van der Waals surface area contributed by atoms with Crippen LogP contribution in [0.15, 0.2) is 41.9 Å². The van der Waals surface area contributed by atoms with Gasteiger partial charge in [-0.1, -0.05) is 26.5 Å². The van der Waals surface area contributed by atoms with E-state index in [-0.39, 0.29) is 5.60 Å². The first-order chi connectivity index (χ1) is 25.0. The summed E-state index contributed by atoms with van der Waals surface area (Å²) in [6.07, 6.45) is 5.32. The number of carbonyl (C=O) groups is 1. The SMILES string of the molecule is C=C(/N=C\N)N(C)CCOC.CC.CC(C)(C)OC=O.CN1CC(N2CCC(c3ccc4c(c3)Nc3ncnc(N5CCOCC5)c3CO4)CC2)C1. The Hall–Kier alpha value is -3.98. The molecule has 4 aliphatic rings. The molecule has 0 atom stereocenters. The minimum Gasteiger partial charge on any atom is -0.486 e. The van der Waals surface area contributed by atoms with Crippen molar-refractivity contribution in [2.45, 2.75) is 71.6 Å². The predicted molar refractivity (Wildman–Crippen MR) is 209 cm³/mol. The molecule has 2 aromatic rings. The Morgan fingerprint density at radius 1 is 1.15 bits per heavy atom. The average molecular weight is 726 g/mol. The molecule has 3 N–H and O–H groups in total. The van der Waals surface area contributed by atoms with Crippen molar-refractivity contribution in [2.75, 3.05) is 97.1 Å². The van der Waals surface area contributed by atoms with Crippen LogP contribution in [-0.2, 0) is 25.6 Å². The number of aromatic nitrogens is 2. The van der Waals surface area contributed by atoms with Crippen molar-refractivity contribution in [1.82, 2.24) is 24.7 Å². The fraction of sp³-hybridized carbons (Fsp3) is 0.632. The fourth-order valence-electron chi connectivity index (χ4n) is 6.18. The molecule has 1 aromatic heterocycles. The largest absolute Gasteiger partial charge is 0.486 e. The number of hydrogen-bond acceptors (Lipinski definition) is 13. The number of likely N-dealkylation sites (N-methyl/N-ethyl adjacent to an activating group) is 2. The summed E-state index contributed by atoms with van der Waals surface area (Å²) in [5.74, 6) is 3.93. The number of benzene rings is 1. The normalized spacial score (nSPS) is 17.8. The lowest BCUT2D eigenvalue weighted by molar-refractivity contribution is -0.138. The molecule has 0 unspecified atom stereocenters. The number of nitrogens with zero attached hydrogens (tertiary/aromatic N) is 7. The number of morpholine rings is 1. The molecular formula is C38H63N9O5. The third-order valence-electron chi connectivity index (χ3n) is 9.12. The highest BCUT2D eigenvalue weighted by Gasteiger charge is 2.32. The van der Waals surface area contributed by atoms with E-state index in [9.17, 15) is 4.79 Å². The van der Waals surface area contributed by atoms with Gasteiger partial charge in [-0.25, -0.2) is 15.0 Å². The van der Waals surface area contributed by atoms with E-state index >= 15 is 0 Å². The van der Waals surface area contributed by atoms with Crippen LogP contribution in [0.25, 0.3) is 0 Å². The van der Waals surface area contributed by atoms with Gasteiger partial charge in [0.15, 0.2) is 0 Å². The van der Waals surface area contributed by atoms with Crippen molar-refractivity contribution >= 4 is 30.1 Å². The number of carbonyl (C=O) groups excluding carboxylic acids is 1. The quantitative estimate of drug-likeness (QED) is 0.214. The molecule has 14 nitrogen and oxygen atoms in total. The predicted octanol–water partition coefficient (Wildman–Crippen LogP) is 4.45. The lowest BCUT2D eigenvalue weighted by Crippen LogP contribution is -2.59. The molecule has 14 heteroatoms. The number of fused-ring (bicyclic) bond motifs is 2. The maximum absolute atomic E-state index is 9.60. The molecule has 0 radical (unpaired) electrons. The smallest absolute Gasteiger partial charge is 0.293 e. The van der Waals surface area contributed by atoms with Crippen LogP contribution in [0.2, 0.25) is 0 Å². The molecule has 3 fully saturated rings. The number of nitrogens with one attached hydrogen (secondary N) is 1. The van der Waals surface area contributed by atoms with Gasteiger partial charge in [0.1, 0.15) is 41.7 Å². The Bertz CT molecular complexity index is 1400. The number of piperidine rings is 1. The van der Waals surface area contributed by atoms with Crippen molar-refractivity contribution in [1.29, 1.82) is 0 Å². The second-order valence-electron chi connectivity index (χ2n) is 13.9. The first kappa shape index (κ1) is 42.4. The van der Waals surface area contributed by atoms with Gasteiger partial charge in [-0.3, -0.25) is 9.69 Å². The lowest BCUT2D eigenvalue weighted by Gasteiger charge is -2.46. The molecule has 0 amide bonds. The van der Waals surface area contributed by atoms with Crippen LogP contribution >= 0.6 is 0 Å². The van der Waals surface area contributed by atoms with E-state index in [0.717, 1.165) is 67.5 Å². The average Bonchev–Trinajstić information content (AvgIpc) is 3.33. The monoisotopic (exact) mass is 725 g/mol. The van der Waals surface area contributed by atoms with Gasteiger partial charge < -0.3 is 44.7 Å².